The van der Waals surface area contributed by atoms with Crippen LogP contribution in [0.3, 0.4) is 0 Å². The van der Waals surface area contributed by atoms with Gasteiger partial charge in [-0.2, -0.15) is 4.98 Å². The predicted octanol–water partition coefficient (Wildman–Crippen LogP) is 8.89. The maximum atomic E-state index is 13.6. The lowest BCUT2D eigenvalue weighted by Gasteiger charge is -2.37. The third-order valence-corrected chi connectivity index (χ3v) is 19.3. The van der Waals surface area contributed by atoms with Crippen LogP contribution >= 0.6 is 8.53 Å². The maximum Gasteiger partial charge on any atom is 0.274 e. The molecule has 1 amide bonds. The number of carbonyl (C=O) groups excluding carboxylic acids is 1. The largest absolute Gasteiger partial charge is 0.497 e. The molecule has 7 aromatic rings. The summed E-state index contributed by atoms with van der Waals surface area (Å²) in [5, 5.41) is 5.63. The van der Waals surface area contributed by atoms with Crippen LogP contribution in [-0.2, 0) is 25.9 Å². The minimum Gasteiger partial charge on any atom is -0.497 e. The van der Waals surface area contributed by atoms with Gasteiger partial charge in [-0.05, 0) is 72.0 Å². The molecule has 67 heavy (non-hydrogen) atoms. The molecule has 342 valence electrons. The molecule has 4 atom stereocenters. The van der Waals surface area contributed by atoms with Gasteiger partial charge in [0.1, 0.15) is 31.3 Å². The lowest BCUT2D eigenvalue weighted by atomic mass is 9.80. The van der Waals surface area contributed by atoms with Gasteiger partial charge in [0.2, 0.25) is 5.95 Å². The Hall–Kier alpha value is -6.24. The molecule has 1 N–H and O–H groups in total. The van der Waals surface area contributed by atoms with Gasteiger partial charge in [-0.15, -0.1) is 0 Å². The molecule has 0 aliphatic carbocycles. The van der Waals surface area contributed by atoms with Crippen molar-refractivity contribution >= 4 is 38.8 Å². The van der Waals surface area contributed by atoms with E-state index in [-0.39, 0.29) is 31.2 Å². The summed E-state index contributed by atoms with van der Waals surface area (Å²) in [5.41, 5.74) is 1.46. The average Bonchev–Trinajstić information content (AvgIpc) is 4.00. The number of hydrogen-bond donors (Lipinski definition) is 1. The van der Waals surface area contributed by atoms with Crippen LogP contribution in [-0.4, -0.2) is 73.8 Å². The zero-order chi connectivity index (χ0) is 46.2. The predicted molar refractivity (Wildman–Crippen MR) is 266 cm³/mol. The van der Waals surface area contributed by atoms with Gasteiger partial charge < -0.3 is 27.8 Å². The molecule has 2 aliphatic rings. The Labute approximate surface area is 394 Å². The van der Waals surface area contributed by atoms with E-state index in [4.69, 9.17) is 23.3 Å². The van der Waals surface area contributed by atoms with Gasteiger partial charge in [-0.1, -0.05) is 150 Å². The fourth-order valence-corrected chi connectivity index (χ4v) is 15.4. The Morgan fingerprint density at radius 2 is 1.30 bits per heavy atom. The van der Waals surface area contributed by atoms with E-state index in [1.54, 1.807) is 49.2 Å². The molecular formula is C54H55N4O7PSi. The first-order chi connectivity index (χ1) is 32.8. The highest BCUT2D eigenvalue weighted by molar-refractivity contribution is 7.45. The summed E-state index contributed by atoms with van der Waals surface area (Å²) in [6.07, 6.45) is 2.95. The van der Waals surface area contributed by atoms with E-state index in [0.29, 0.717) is 17.1 Å². The lowest BCUT2D eigenvalue weighted by molar-refractivity contribution is -0.0360. The monoisotopic (exact) mass is 930 g/mol. The van der Waals surface area contributed by atoms with Crippen LogP contribution in [0.15, 0.2) is 187 Å². The van der Waals surface area contributed by atoms with E-state index in [1.807, 2.05) is 72.8 Å². The molecule has 0 saturated carbocycles. The second kappa shape index (κ2) is 20.7. The highest BCUT2D eigenvalue weighted by Gasteiger charge is 2.51. The van der Waals surface area contributed by atoms with E-state index in [0.717, 1.165) is 42.1 Å². The van der Waals surface area contributed by atoms with Crippen LogP contribution in [0, 0.1) is 0 Å². The molecule has 0 spiro atoms. The number of fused-ring (bicyclic) bond motifs is 1. The Bertz CT molecular complexity index is 2680. The van der Waals surface area contributed by atoms with Crippen molar-refractivity contribution in [1.29, 1.82) is 0 Å². The topological polar surface area (TPSA) is 113 Å². The van der Waals surface area contributed by atoms with Crippen molar-refractivity contribution in [3.05, 3.63) is 215 Å². The van der Waals surface area contributed by atoms with Crippen molar-refractivity contribution in [3.8, 4) is 11.5 Å². The number of carbonyl (C=O) groups is 1. The second-order valence-electron chi connectivity index (χ2n) is 17.1. The first kappa shape index (κ1) is 45.9. The summed E-state index contributed by atoms with van der Waals surface area (Å²) in [7, 11) is -0.583. The summed E-state index contributed by atoms with van der Waals surface area (Å²) in [6.45, 7) is 3.53. The van der Waals surface area contributed by atoms with Crippen LogP contribution < -0.4 is 30.7 Å². The van der Waals surface area contributed by atoms with Gasteiger partial charge in [0.25, 0.3) is 20.0 Å². The van der Waals surface area contributed by atoms with E-state index in [2.05, 4.69) is 94.3 Å². The molecule has 9 rings (SSSR count). The Balaban J connectivity index is 1.10. The molecule has 2 fully saturated rings. The SMILES string of the molecule is COc1ccc(C(OC[C@@H](Cn2ccc(=O)nc2NC(=O)c2ccccc2)O[P@]2O[C@H](C[Si](C)(c3ccccc3)c3ccccc3)[C@@H]3CCCN32)(c2ccccc2)c2ccc(OC)cc2)cc1. The van der Waals surface area contributed by atoms with Crippen LogP contribution in [0.1, 0.15) is 39.9 Å². The molecule has 0 radical (unpaired) electrons. The normalized spacial score (nSPS) is 17.7. The number of nitrogens with one attached hydrogen (secondary N) is 1. The van der Waals surface area contributed by atoms with Crippen molar-refractivity contribution in [2.75, 3.05) is 32.7 Å². The summed E-state index contributed by atoms with van der Waals surface area (Å²) >= 11 is 0. The summed E-state index contributed by atoms with van der Waals surface area (Å²) < 4.78 is 37.4. The fraction of sp³-hybridized carbons (Fsp3) is 0.241. The van der Waals surface area contributed by atoms with E-state index in [1.165, 1.54) is 16.4 Å². The lowest BCUT2D eigenvalue weighted by Crippen LogP contribution is -2.58. The van der Waals surface area contributed by atoms with Gasteiger partial charge in [-0.3, -0.25) is 14.9 Å². The zero-order valence-corrected chi connectivity index (χ0v) is 39.8. The number of nitrogens with zero attached hydrogens (tertiary/aromatic N) is 3. The highest BCUT2D eigenvalue weighted by atomic mass is 31.2. The molecule has 13 heteroatoms. The molecule has 11 nitrogen and oxygen atoms in total. The number of methoxy groups -OCH3 is 2. The molecule has 6 aromatic carbocycles. The fourth-order valence-electron chi connectivity index (χ4n) is 9.48. The van der Waals surface area contributed by atoms with E-state index < -0.39 is 39.8 Å². The number of hydrogen-bond acceptors (Lipinski definition) is 9. The second-order valence-corrected chi connectivity index (χ2v) is 22.8. The summed E-state index contributed by atoms with van der Waals surface area (Å²) in [4.78, 5) is 30.7. The van der Waals surface area contributed by atoms with E-state index >= 15 is 0 Å². The number of anilines is 1. The van der Waals surface area contributed by atoms with E-state index in [9.17, 15) is 9.59 Å². The third-order valence-electron chi connectivity index (χ3n) is 13.0. The molecule has 2 aliphatic heterocycles. The zero-order valence-electron chi connectivity index (χ0n) is 37.9. The van der Waals surface area contributed by atoms with Gasteiger partial charge in [0, 0.05) is 30.4 Å². The van der Waals surface area contributed by atoms with Gasteiger partial charge in [0.05, 0.1) is 33.5 Å². The summed E-state index contributed by atoms with van der Waals surface area (Å²) in [6, 6.07) is 59.1. The van der Waals surface area contributed by atoms with Gasteiger partial charge >= 0.3 is 0 Å². The highest BCUT2D eigenvalue weighted by Crippen LogP contribution is 2.58. The van der Waals surface area contributed by atoms with Crippen LogP contribution in [0.5, 0.6) is 11.5 Å². The molecule has 2 saturated heterocycles. The van der Waals surface area contributed by atoms with Crippen LogP contribution in [0.4, 0.5) is 5.95 Å². The summed E-state index contributed by atoms with van der Waals surface area (Å²) in [5.74, 6) is 1.14. The van der Waals surface area contributed by atoms with Crippen molar-refractivity contribution in [3.63, 3.8) is 0 Å². The molecule has 0 unspecified atom stereocenters. The Morgan fingerprint density at radius 1 is 0.761 bits per heavy atom. The van der Waals surface area contributed by atoms with Gasteiger partial charge in [-0.25, -0.2) is 4.67 Å². The van der Waals surface area contributed by atoms with Crippen molar-refractivity contribution < 1.29 is 28.1 Å². The number of ether oxygens (including phenoxy) is 3. The van der Waals surface area contributed by atoms with Crippen molar-refractivity contribution in [2.45, 2.75) is 55.8 Å². The standard InChI is InChI=1S/C54H55N4O7PSi/c1-61-44-30-26-42(27-31-44)54(41-19-10-5-11-20-41,43-28-32-45(62-2)33-29-43)63-38-46(37-57-36-34-51(59)55-53(57)56-52(60)40-17-8-4-9-18-40)64-66-58-35-16-25-49(58)50(65-66)39-67(3,47-21-12-6-13-22-47)48-23-14-7-15-24-48/h4-15,17-24,26-34,36,46,49-50H,16,25,35,37-39H2,1-3H3,(H,55,56,59,60)/t46-,49+,50-,66-/m1/s1. The third kappa shape index (κ3) is 9.92. The number of benzene rings is 6. The maximum absolute atomic E-state index is 13.6. The van der Waals surface area contributed by atoms with Crippen molar-refractivity contribution in [2.24, 2.45) is 0 Å². The first-order valence-electron chi connectivity index (χ1n) is 22.7. The van der Waals surface area contributed by atoms with Crippen LogP contribution in [0.2, 0.25) is 12.6 Å². The Morgan fingerprint density at radius 3 is 1.87 bits per heavy atom. The van der Waals surface area contributed by atoms with Gasteiger partial charge in [0.15, 0.2) is 0 Å². The molecule has 0 bridgehead atoms. The quantitative estimate of drug-likeness (QED) is 0.0513. The van der Waals surface area contributed by atoms with Crippen LogP contribution in [0.25, 0.3) is 0 Å². The molecule has 3 heterocycles. The average molecular weight is 931 g/mol. The number of aromatic nitrogens is 2. The number of rotatable bonds is 18. The van der Waals surface area contributed by atoms with Crippen molar-refractivity contribution in [1.82, 2.24) is 14.2 Å². The first-order valence-corrected chi connectivity index (χ1v) is 26.5. The number of amides is 1. The Kier molecular flexibility index (Phi) is 14.2. The molecule has 1 aromatic heterocycles. The minimum atomic E-state index is -2.30. The molecular weight excluding hydrogens is 876 g/mol. The smallest absolute Gasteiger partial charge is 0.274 e. The minimum absolute atomic E-state index is 0.0657.